The highest BCUT2D eigenvalue weighted by molar-refractivity contribution is 6.10. The number of unbranched alkanes of at least 4 members (excludes halogenated alkanes) is 3. The number of carboxylic acid groups (broad SMARTS) is 1. The van der Waals surface area contributed by atoms with E-state index in [2.05, 4.69) is 38.2 Å². The number of nitrogens with zero attached hydrogens (tertiary/aromatic N) is 1. The molecule has 42 heavy (non-hydrogen) atoms. The van der Waals surface area contributed by atoms with Gasteiger partial charge in [0.05, 0.1) is 12.2 Å². The Morgan fingerprint density at radius 2 is 1.52 bits per heavy atom. The lowest BCUT2D eigenvalue weighted by molar-refractivity contribution is -0.135. The molecule has 3 aromatic rings. The van der Waals surface area contributed by atoms with Gasteiger partial charge in [0.15, 0.2) is 5.78 Å². The number of rotatable bonds is 20. The molecule has 3 rings (SSSR count). The minimum Gasteiger partial charge on any atom is -0.480 e. The summed E-state index contributed by atoms with van der Waals surface area (Å²) in [6, 6.07) is 13.6. The Kier molecular flexibility index (Phi) is 12.9. The van der Waals surface area contributed by atoms with Crippen molar-refractivity contribution < 1.29 is 19.5 Å². The predicted octanol–water partition coefficient (Wildman–Crippen LogP) is 6.77. The molecule has 7 nitrogen and oxygen atoms in total. The molecule has 2 heterocycles. The second-order valence-corrected chi connectivity index (χ2v) is 11.7. The van der Waals surface area contributed by atoms with E-state index in [1.165, 1.54) is 5.56 Å². The van der Waals surface area contributed by atoms with Gasteiger partial charge in [0, 0.05) is 41.3 Å². The third-order valence-corrected chi connectivity index (χ3v) is 8.18. The second kappa shape index (κ2) is 16.4. The Hall–Kier alpha value is -3.29. The molecule has 0 saturated heterocycles. The van der Waals surface area contributed by atoms with Crippen molar-refractivity contribution in [3.05, 3.63) is 76.6 Å². The number of Topliss-reactive ketones (excluding diaryl/α,β-unsaturated/α-hetero) is 1. The fourth-order valence-electron chi connectivity index (χ4n) is 5.55. The summed E-state index contributed by atoms with van der Waals surface area (Å²) in [6.45, 7) is 6.67. The summed E-state index contributed by atoms with van der Waals surface area (Å²) in [5, 5.41) is 11.5. The van der Waals surface area contributed by atoms with Crippen LogP contribution in [0.5, 0.6) is 0 Å². The van der Waals surface area contributed by atoms with Crippen LogP contribution in [-0.4, -0.2) is 45.7 Å². The summed E-state index contributed by atoms with van der Waals surface area (Å²) in [5.74, 6) is -1.05. The number of fused-ring (bicyclic) bond motifs is 1. The molecule has 0 fully saturated rings. The molecule has 0 aliphatic carbocycles. The monoisotopic (exact) mass is 575 g/mol. The number of carboxylic acids is 1. The molecule has 0 aliphatic heterocycles. The van der Waals surface area contributed by atoms with Gasteiger partial charge in [0.1, 0.15) is 0 Å². The second-order valence-electron chi connectivity index (χ2n) is 11.7. The molecule has 0 amide bonds. The maximum atomic E-state index is 13.9. The Morgan fingerprint density at radius 1 is 0.857 bits per heavy atom. The lowest BCUT2D eigenvalue weighted by atomic mass is 9.83. The van der Waals surface area contributed by atoms with Crippen LogP contribution in [0.2, 0.25) is 0 Å². The maximum Gasteiger partial charge on any atom is 0.317 e. The van der Waals surface area contributed by atoms with Crippen LogP contribution in [0.4, 0.5) is 0 Å². The zero-order valence-corrected chi connectivity index (χ0v) is 25.7. The summed E-state index contributed by atoms with van der Waals surface area (Å²) < 4.78 is 1.89. The first-order valence-corrected chi connectivity index (χ1v) is 15.7. The lowest BCUT2D eigenvalue weighted by Crippen LogP contribution is -2.40. The number of benzene rings is 1. The fourth-order valence-corrected chi connectivity index (χ4v) is 5.55. The van der Waals surface area contributed by atoms with Gasteiger partial charge in [0.25, 0.3) is 0 Å². The van der Waals surface area contributed by atoms with Crippen molar-refractivity contribution in [3.8, 4) is 0 Å². The number of aryl methyl sites for hydroxylation is 2. The number of ketones is 2. The topological polar surface area (TPSA) is 114 Å². The summed E-state index contributed by atoms with van der Waals surface area (Å²) >= 11 is 0. The molecule has 4 N–H and O–H groups in total. The third-order valence-electron chi connectivity index (χ3n) is 8.18. The molecule has 2 aromatic heterocycles. The van der Waals surface area contributed by atoms with Crippen LogP contribution < -0.4 is 11.1 Å². The maximum absolute atomic E-state index is 13.9. The summed E-state index contributed by atoms with van der Waals surface area (Å²) in [6.07, 6.45) is 13.3. The molecular formula is C35H49N3O4. The Bertz CT molecular complexity index is 1320. The number of nitrogens with two attached hydrogens (primary N) is 1. The first-order chi connectivity index (χ1) is 20.2. The van der Waals surface area contributed by atoms with Crippen LogP contribution in [0, 0.1) is 0 Å². The highest BCUT2D eigenvalue weighted by Gasteiger charge is 2.24. The molecule has 0 unspecified atom stereocenters. The van der Waals surface area contributed by atoms with Gasteiger partial charge in [-0.1, -0.05) is 77.1 Å². The number of hydrogen-bond donors (Lipinski definition) is 3. The van der Waals surface area contributed by atoms with Gasteiger partial charge in [-0.25, -0.2) is 0 Å². The van der Waals surface area contributed by atoms with E-state index in [0.717, 1.165) is 81.7 Å². The van der Waals surface area contributed by atoms with E-state index in [-0.39, 0.29) is 30.1 Å². The van der Waals surface area contributed by atoms with Crippen molar-refractivity contribution in [3.63, 3.8) is 0 Å². The highest BCUT2D eigenvalue weighted by Crippen LogP contribution is 2.26. The normalized spacial score (nSPS) is 11.7. The van der Waals surface area contributed by atoms with Gasteiger partial charge >= 0.3 is 5.97 Å². The van der Waals surface area contributed by atoms with Crippen LogP contribution in [0.15, 0.2) is 48.7 Å². The van der Waals surface area contributed by atoms with E-state index in [1.807, 2.05) is 28.7 Å². The smallest absolute Gasteiger partial charge is 0.317 e. The quantitative estimate of drug-likeness (QED) is 0.101. The molecule has 1 aromatic carbocycles. The molecule has 0 spiro atoms. The Morgan fingerprint density at radius 3 is 2.14 bits per heavy atom. The summed E-state index contributed by atoms with van der Waals surface area (Å²) in [5.41, 5.74) is 11.5. The molecular weight excluding hydrogens is 526 g/mol. The number of hydrogen-bond acceptors (Lipinski definition) is 5. The number of carbonyl (C=O) groups excluding carboxylic acids is 2. The third kappa shape index (κ3) is 9.36. The number of nitrogens with one attached hydrogen (secondary N) is 1. The number of aliphatic carboxylic acids is 1. The molecule has 0 aliphatic rings. The average Bonchev–Trinajstić information content (AvgIpc) is 3.36. The highest BCUT2D eigenvalue weighted by atomic mass is 16.4. The van der Waals surface area contributed by atoms with Crippen LogP contribution in [0.1, 0.15) is 123 Å². The first kappa shape index (κ1) is 33.2. The SMILES string of the molecule is CCCCc1cc2cc(C(=O)CCNCC(=O)O)ccn2c1C(=O)c1ccc(CCC(N)(CCCC)CCCC)cc1. The minimum atomic E-state index is -0.953. The molecule has 0 bridgehead atoms. The zero-order chi connectivity index (χ0) is 30.5. The van der Waals surface area contributed by atoms with Crippen molar-refractivity contribution in [2.24, 2.45) is 5.73 Å². The van der Waals surface area contributed by atoms with Crippen molar-refractivity contribution >= 4 is 23.1 Å². The van der Waals surface area contributed by atoms with E-state index in [0.29, 0.717) is 23.4 Å². The number of pyridine rings is 1. The molecule has 0 radical (unpaired) electrons. The largest absolute Gasteiger partial charge is 0.480 e. The molecule has 7 heteroatoms. The predicted molar refractivity (Wildman–Crippen MR) is 170 cm³/mol. The van der Waals surface area contributed by atoms with Crippen LogP contribution >= 0.6 is 0 Å². The van der Waals surface area contributed by atoms with Crippen LogP contribution in [0.25, 0.3) is 5.52 Å². The van der Waals surface area contributed by atoms with Crippen molar-refractivity contribution in [2.75, 3.05) is 13.1 Å². The Labute approximate surface area is 250 Å². The first-order valence-electron chi connectivity index (χ1n) is 15.7. The van der Waals surface area contributed by atoms with Crippen molar-refractivity contribution in [1.29, 1.82) is 0 Å². The standard InChI is InChI=1S/C35H49N3O4/c1-4-7-10-29-24-30-23-28(31(39)16-21-37-25-32(40)41)17-22-38(30)33(29)34(42)27-13-11-26(12-14-27)15-20-35(36,18-8-5-2)19-9-6-3/h11-14,17,22-24,37H,4-10,15-16,18-21,25,36H2,1-3H3,(H,40,41). The summed E-state index contributed by atoms with van der Waals surface area (Å²) in [4.78, 5) is 37.3. The van der Waals surface area contributed by atoms with Crippen LogP contribution in [-0.2, 0) is 17.6 Å². The number of carbonyl (C=O) groups is 3. The number of aromatic nitrogens is 1. The molecule has 0 atom stereocenters. The summed E-state index contributed by atoms with van der Waals surface area (Å²) in [7, 11) is 0. The van der Waals surface area contributed by atoms with Gasteiger partial charge in [0.2, 0.25) is 5.78 Å². The lowest BCUT2D eigenvalue weighted by Gasteiger charge is -2.30. The average molecular weight is 576 g/mol. The van der Waals surface area contributed by atoms with Gasteiger partial charge in [-0.2, -0.15) is 0 Å². The van der Waals surface area contributed by atoms with Gasteiger partial charge in [-0.3, -0.25) is 14.4 Å². The van der Waals surface area contributed by atoms with Crippen LogP contribution in [0.3, 0.4) is 0 Å². The molecule has 228 valence electrons. The molecule has 0 saturated carbocycles. The van der Waals surface area contributed by atoms with E-state index in [1.54, 1.807) is 12.3 Å². The van der Waals surface area contributed by atoms with Crippen molar-refractivity contribution in [2.45, 2.75) is 103 Å². The van der Waals surface area contributed by atoms with E-state index in [9.17, 15) is 14.4 Å². The van der Waals surface area contributed by atoms with E-state index in [4.69, 9.17) is 10.8 Å². The van der Waals surface area contributed by atoms with E-state index >= 15 is 0 Å². The van der Waals surface area contributed by atoms with Gasteiger partial charge < -0.3 is 20.6 Å². The fraction of sp³-hybridized carbons (Fsp3) is 0.514. The van der Waals surface area contributed by atoms with Gasteiger partial charge in [-0.15, -0.1) is 0 Å². The minimum absolute atomic E-state index is 0.0244. The van der Waals surface area contributed by atoms with E-state index < -0.39 is 5.97 Å². The van der Waals surface area contributed by atoms with Crippen molar-refractivity contribution in [1.82, 2.24) is 9.72 Å². The zero-order valence-electron chi connectivity index (χ0n) is 25.7. The van der Waals surface area contributed by atoms with Gasteiger partial charge in [-0.05, 0) is 67.9 Å². The Balaban J connectivity index is 1.78.